The summed E-state index contributed by atoms with van der Waals surface area (Å²) in [5.41, 5.74) is 0. The van der Waals surface area contributed by atoms with E-state index in [1.807, 2.05) is 0 Å². The lowest BCUT2D eigenvalue weighted by atomic mass is 9.86. The van der Waals surface area contributed by atoms with Gasteiger partial charge in [0.25, 0.3) is 0 Å². The Kier molecular flexibility index (Phi) is 5.85. The molecule has 1 aliphatic heterocycles. The molecule has 4 nitrogen and oxygen atoms in total. The lowest BCUT2D eigenvalue weighted by Gasteiger charge is -2.32. The van der Waals surface area contributed by atoms with Crippen LogP contribution in [-0.2, 0) is 19.0 Å². The van der Waals surface area contributed by atoms with Crippen LogP contribution in [0.5, 0.6) is 0 Å². The number of carbonyl (C=O) groups is 1. The Balaban J connectivity index is 1.90. The van der Waals surface area contributed by atoms with E-state index in [-0.39, 0.29) is 11.8 Å². The first kappa shape index (κ1) is 15.8. The molecule has 2 unspecified atom stereocenters. The van der Waals surface area contributed by atoms with Crippen molar-refractivity contribution in [2.45, 2.75) is 64.6 Å². The predicted molar refractivity (Wildman–Crippen MR) is 76.2 cm³/mol. The summed E-state index contributed by atoms with van der Waals surface area (Å²) in [5.74, 6) is 0.513. The van der Waals surface area contributed by atoms with Gasteiger partial charge < -0.3 is 14.2 Å². The average Bonchev–Trinajstić information content (AvgIpc) is 3.01. The van der Waals surface area contributed by atoms with E-state index in [1.165, 1.54) is 32.6 Å². The van der Waals surface area contributed by atoms with Crippen LogP contribution in [0, 0.1) is 11.8 Å². The normalized spacial score (nSPS) is 28.1. The largest absolute Gasteiger partial charge is 0.466 e. The maximum Gasteiger partial charge on any atom is 0.302 e. The van der Waals surface area contributed by atoms with Crippen molar-refractivity contribution in [2.24, 2.45) is 11.8 Å². The van der Waals surface area contributed by atoms with Gasteiger partial charge in [-0.2, -0.15) is 0 Å². The fourth-order valence-corrected chi connectivity index (χ4v) is 3.73. The molecule has 1 heterocycles. The molecule has 0 bridgehead atoms. The Labute approximate surface area is 122 Å². The smallest absolute Gasteiger partial charge is 0.302 e. The average molecular weight is 284 g/mol. The van der Waals surface area contributed by atoms with Crippen molar-refractivity contribution in [1.82, 2.24) is 0 Å². The molecule has 4 heteroatoms. The van der Waals surface area contributed by atoms with Crippen LogP contribution >= 0.6 is 0 Å². The van der Waals surface area contributed by atoms with E-state index in [1.54, 1.807) is 0 Å². The van der Waals surface area contributed by atoms with Crippen LogP contribution in [0.4, 0.5) is 0 Å². The highest BCUT2D eigenvalue weighted by atomic mass is 16.7. The second-order valence-corrected chi connectivity index (χ2v) is 6.04. The summed E-state index contributed by atoms with van der Waals surface area (Å²) >= 11 is 0. The van der Waals surface area contributed by atoms with Gasteiger partial charge in [0.1, 0.15) is 0 Å². The van der Waals surface area contributed by atoms with Crippen LogP contribution in [-0.4, -0.2) is 31.6 Å². The van der Waals surface area contributed by atoms with E-state index in [4.69, 9.17) is 14.2 Å². The molecule has 2 rings (SSSR count). The summed E-state index contributed by atoms with van der Waals surface area (Å²) in [6.07, 6.45) is 7.96. The van der Waals surface area contributed by atoms with E-state index in [0.717, 1.165) is 32.5 Å². The number of unbranched alkanes of at least 4 members (excludes halogenated alkanes) is 2. The molecular formula is C16H28O4. The maximum atomic E-state index is 10.9. The first-order valence-electron chi connectivity index (χ1n) is 8.09. The SMILES string of the molecule is CCCCCC1C(CCOC(C)=O)CCC12OCCO2. The second kappa shape index (κ2) is 7.41. The van der Waals surface area contributed by atoms with Crippen LogP contribution < -0.4 is 0 Å². The van der Waals surface area contributed by atoms with E-state index in [0.29, 0.717) is 18.4 Å². The molecule has 1 aliphatic carbocycles. The molecule has 1 saturated heterocycles. The van der Waals surface area contributed by atoms with Gasteiger partial charge >= 0.3 is 5.97 Å². The molecule has 0 aromatic rings. The quantitative estimate of drug-likeness (QED) is 0.531. The molecule has 0 radical (unpaired) electrons. The third-order valence-electron chi connectivity index (χ3n) is 4.69. The van der Waals surface area contributed by atoms with Gasteiger partial charge in [0.2, 0.25) is 0 Å². The van der Waals surface area contributed by atoms with Gasteiger partial charge in [-0.05, 0) is 25.2 Å². The third-order valence-corrected chi connectivity index (χ3v) is 4.69. The van der Waals surface area contributed by atoms with Crippen LogP contribution in [0.3, 0.4) is 0 Å². The maximum absolute atomic E-state index is 10.9. The van der Waals surface area contributed by atoms with Gasteiger partial charge in [0.15, 0.2) is 5.79 Å². The first-order valence-corrected chi connectivity index (χ1v) is 8.09. The Morgan fingerprint density at radius 3 is 2.65 bits per heavy atom. The molecule has 20 heavy (non-hydrogen) atoms. The minimum absolute atomic E-state index is 0.186. The Morgan fingerprint density at radius 2 is 2.00 bits per heavy atom. The summed E-state index contributed by atoms with van der Waals surface area (Å²) in [4.78, 5) is 10.9. The number of rotatable bonds is 7. The summed E-state index contributed by atoms with van der Waals surface area (Å²) in [5, 5.41) is 0. The highest BCUT2D eigenvalue weighted by molar-refractivity contribution is 5.65. The Morgan fingerprint density at radius 1 is 1.25 bits per heavy atom. The Hall–Kier alpha value is -0.610. The lowest BCUT2D eigenvalue weighted by molar-refractivity contribution is -0.188. The van der Waals surface area contributed by atoms with Gasteiger partial charge in [0.05, 0.1) is 19.8 Å². The minimum Gasteiger partial charge on any atom is -0.466 e. The lowest BCUT2D eigenvalue weighted by Crippen LogP contribution is -2.37. The molecule has 0 amide bonds. The monoisotopic (exact) mass is 284 g/mol. The summed E-state index contributed by atoms with van der Waals surface area (Å²) in [6.45, 7) is 5.67. The van der Waals surface area contributed by atoms with E-state index < -0.39 is 0 Å². The third kappa shape index (κ3) is 3.73. The topological polar surface area (TPSA) is 44.8 Å². The van der Waals surface area contributed by atoms with E-state index >= 15 is 0 Å². The highest BCUT2D eigenvalue weighted by Gasteiger charge is 2.51. The summed E-state index contributed by atoms with van der Waals surface area (Å²) in [6, 6.07) is 0. The standard InChI is InChI=1S/C16H28O4/c1-3-4-5-6-15-14(8-10-18-13(2)17)7-9-16(15)19-11-12-20-16/h14-15H,3-12H2,1-2H3. The zero-order chi connectivity index (χ0) is 14.4. The van der Waals surface area contributed by atoms with Gasteiger partial charge in [0, 0.05) is 19.3 Å². The number of hydrogen-bond acceptors (Lipinski definition) is 4. The number of esters is 1. The Bertz CT molecular complexity index is 310. The van der Waals surface area contributed by atoms with Crippen LogP contribution in [0.2, 0.25) is 0 Å². The molecule has 1 saturated carbocycles. The zero-order valence-corrected chi connectivity index (χ0v) is 12.9. The van der Waals surface area contributed by atoms with Crippen LogP contribution in [0.1, 0.15) is 58.8 Å². The van der Waals surface area contributed by atoms with Crippen LogP contribution in [0.25, 0.3) is 0 Å². The van der Waals surface area contributed by atoms with Gasteiger partial charge in [-0.25, -0.2) is 0 Å². The molecule has 0 aromatic carbocycles. The molecule has 116 valence electrons. The van der Waals surface area contributed by atoms with Crippen molar-refractivity contribution in [3.63, 3.8) is 0 Å². The first-order chi connectivity index (χ1) is 9.68. The second-order valence-electron chi connectivity index (χ2n) is 6.04. The molecule has 2 atom stereocenters. The summed E-state index contributed by atoms with van der Waals surface area (Å²) < 4.78 is 17.1. The van der Waals surface area contributed by atoms with Crippen molar-refractivity contribution in [3.8, 4) is 0 Å². The van der Waals surface area contributed by atoms with E-state index in [2.05, 4.69) is 6.92 Å². The minimum atomic E-state index is -0.325. The highest BCUT2D eigenvalue weighted by Crippen LogP contribution is 2.49. The molecule has 0 aromatic heterocycles. The van der Waals surface area contributed by atoms with Gasteiger partial charge in [-0.1, -0.05) is 26.2 Å². The van der Waals surface area contributed by atoms with Crippen molar-refractivity contribution >= 4 is 5.97 Å². The zero-order valence-electron chi connectivity index (χ0n) is 12.9. The van der Waals surface area contributed by atoms with Crippen molar-refractivity contribution in [1.29, 1.82) is 0 Å². The molecule has 0 N–H and O–H groups in total. The number of carbonyl (C=O) groups excluding carboxylic acids is 1. The number of ether oxygens (including phenoxy) is 3. The van der Waals surface area contributed by atoms with E-state index in [9.17, 15) is 4.79 Å². The molecule has 2 aliphatic rings. The van der Waals surface area contributed by atoms with Crippen molar-refractivity contribution in [2.75, 3.05) is 19.8 Å². The van der Waals surface area contributed by atoms with Gasteiger partial charge in [-0.3, -0.25) is 4.79 Å². The molecule has 1 spiro atoms. The van der Waals surface area contributed by atoms with Crippen LogP contribution in [0.15, 0.2) is 0 Å². The summed E-state index contributed by atoms with van der Waals surface area (Å²) in [7, 11) is 0. The van der Waals surface area contributed by atoms with Gasteiger partial charge in [-0.15, -0.1) is 0 Å². The predicted octanol–water partition coefficient (Wildman–Crippen LogP) is 3.29. The molecular weight excluding hydrogens is 256 g/mol. The fraction of sp³-hybridized carbons (Fsp3) is 0.938. The number of hydrogen-bond donors (Lipinski definition) is 0. The van der Waals surface area contributed by atoms with Crippen molar-refractivity contribution in [3.05, 3.63) is 0 Å². The molecule has 2 fully saturated rings. The fourth-order valence-electron chi connectivity index (χ4n) is 3.73. The van der Waals surface area contributed by atoms with Crippen molar-refractivity contribution < 1.29 is 19.0 Å².